The molecule has 1 fully saturated rings. The van der Waals surface area contributed by atoms with Crippen LogP contribution in [0.25, 0.3) is 0 Å². The normalized spacial score (nSPS) is 23.4. The largest absolute Gasteiger partial charge is 0.480 e. The number of aliphatic hydroxyl groups is 1. The van der Waals surface area contributed by atoms with E-state index in [4.69, 9.17) is 10.2 Å². The number of nitrogens with zero attached hydrogens (tertiary/aromatic N) is 2. The lowest BCUT2D eigenvalue weighted by Crippen LogP contribution is -2.45. The SMILES string of the molecule is CN(CC(=O)O)C(=O)N(C)CC1CC(O)C1. The maximum absolute atomic E-state index is 11.7. The molecule has 16 heavy (non-hydrogen) atoms. The summed E-state index contributed by atoms with van der Waals surface area (Å²) in [5, 5.41) is 17.6. The van der Waals surface area contributed by atoms with Crippen LogP contribution in [0.1, 0.15) is 12.8 Å². The van der Waals surface area contributed by atoms with Gasteiger partial charge in [0.2, 0.25) is 0 Å². The third-order valence-electron chi connectivity index (χ3n) is 2.77. The standard InChI is InChI=1S/C10H18N2O4/c1-11(5-7-3-8(13)4-7)10(16)12(2)6-9(14)15/h7-8,13H,3-6H2,1-2H3,(H,14,15). The van der Waals surface area contributed by atoms with E-state index in [-0.39, 0.29) is 18.7 Å². The predicted molar refractivity (Wildman–Crippen MR) is 57.0 cm³/mol. The zero-order valence-corrected chi connectivity index (χ0v) is 9.59. The third-order valence-corrected chi connectivity index (χ3v) is 2.77. The van der Waals surface area contributed by atoms with Gasteiger partial charge in [-0.2, -0.15) is 0 Å². The highest BCUT2D eigenvalue weighted by molar-refractivity contribution is 5.79. The van der Waals surface area contributed by atoms with Crippen molar-refractivity contribution >= 4 is 12.0 Å². The number of carbonyl (C=O) groups is 2. The van der Waals surface area contributed by atoms with E-state index in [0.29, 0.717) is 12.5 Å². The summed E-state index contributed by atoms with van der Waals surface area (Å²) in [5.74, 6) is -0.689. The van der Waals surface area contributed by atoms with Gasteiger partial charge in [0.15, 0.2) is 0 Å². The molecule has 0 radical (unpaired) electrons. The Labute approximate surface area is 94.4 Å². The van der Waals surface area contributed by atoms with Crippen molar-refractivity contribution in [2.75, 3.05) is 27.2 Å². The van der Waals surface area contributed by atoms with Gasteiger partial charge in [0.1, 0.15) is 6.54 Å². The molecule has 6 heteroatoms. The van der Waals surface area contributed by atoms with Gasteiger partial charge in [-0.15, -0.1) is 0 Å². The lowest BCUT2D eigenvalue weighted by Gasteiger charge is -2.35. The Hall–Kier alpha value is -1.30. The van der Waals surface area contributed by atoms with Gasteiger partial charge in [-0.05, 0) is 18.8 Å². The zero-order chi connectivity index (χ0) is 12.3. The minimum Gasteiger partial charge on any atom is -0.480 e. The molecule has 2 N–H and O–H groups in total. The van der Waals surface area contributed by atoms with Crippen LogP contribution in [0.3, 0.4) is 0 Å². The summed E-state index contributed by atoms with van der Waals surface area (Å²) < 4.78 is 0. The highest BCUT2D eigenvalue weighted by Gasteiger charge is 2.29. The molecule has 1 saturated carbocycles. The summed E-state index contributed by atoms with van der Waals surface area (Å²) in [6.07, 6.45) is 1.21. The number of carboxylic acid groups (broad SMARTS) is 1. The lowest BCUT2D eigenvalue weighted by molar-refractivity contribution is -0.137. The van der Waals surface area contributed by atoms with Gasteiger partial charge in [-0.1, -0.05) is 0 Å². The van der Waals surface area contributed by atoms with Gasteiger partial charge in [0.05, 0.1) is 6.10 Å². The average Bonchev–Trinajstić information content (AvgIpc) is 2.12. The molecular formula is C10H18N2O4. The van der Waals surface area contributed by atoms with Crippen LogP contribution in [-0.4, -0.2) is 65.3 Å². The number of urea groups is 1. The quantitative estimate of drug-likeness (QED) is 0.702. The van der Waals surface area contributed by atoms with Gasteiger partial charge < -0.3 is 20.0 Å². The number of hydrogen-bond donors (Lipinski definition) is 2. The second kappa shape index (κ2) is 5.16. The van der Waals surface area contributed by atoms with Crippen molar-refractivity contribution in [3.05, 3.63) is 0 Å². The average molecular weight is 230 g/mol. The molecule has 1 aliphatic carbocycles. The molecule has 0 aromatic carbocycles. The van der Waals surface area contributed by atoms with Crippen LogP contribution in [0, 0.1) is 5.92 Å². The maximum atomic E-state index is 11.7. The number of hydrogen-bond acceptors (Lipinski definition) is 3. The Morgan fingerprint density at radius 3 is 2.25 bits per heavy atom. The Morgan fingerprint density at radius 2 is 1.81 bits per heavy atom. The van der Waals surface area contributed by atoms with Crippen molar-refractivity contribution in [2.24, 2.45) is 5.92 Å². The number of amides is 2. The summed E-state index contributed by atoms with van der Waals surface area (Å²) in [7, 11) is 3.11. The first kappa shape index (κ1) is 12.8. The van der Waals surface area contributed by atoms with Crippen LogP contribution in [-0.2, 0) is 4.79 Å². The van der Waals surface area contributed by atoms with Crippen LogP contribution in [0.5, 0.6) is 0 Å². The van der Waals surface area contributed by atoms with E-state index in [2.05, 4.69) is 0 Å². The number of aliphatic hydroxyl groups excluding tert-OH is 1. The van der Waals surface area contributed by atoms with Gasteiger partial charge in [-0.25, -0.2) is 4.79 Å². The molecular weight excluding hydrogens is 212 g/mol. The fourth-order valence-electron chi connectivity index (χ4n) is 1.88. The van der Waals surface area contributed by atoms with Crippen LogP contribution in [0.15, 0.2) is 0 Å². The fourth-order valence-corrected chi connectivity index (χ4v) is 1.88. The van der Waals surface area contributed by atoms with E-state index in [1.54, 1.807) is 7.05 Å². The first-order valence-corrected chi connectivity index (χ1v) is 5.26. The molecule has 2 amide bonds. The summed E-state index contributed by atoms with van der Waals surface area (Å²) in [4.78, 5) is 24.7. The van der Waals surface area contributed by atoms with E-state index >= 15 is 0 Å². The van der Waals surface area contributed by atoms with Crippen molar-refractivity contribution in [1.29, 1.82) is 0 Å². The number of carboxylic acids is 1. The summed E-state index contributed by atoms with van der Waals surface area (Å²) >= 11 is 0. The molecule has 0 saturated heterocycles. The first-order valence-electron chi connectivity index (χ1n) is 5.26. The van der Waals surface area contributed by atoms with E-state index in [0.717, 1.165) is 17.7 Å². The number of aliphatic carboxylic acids is 1. The fraction of sp³-hybridized carbons (Fsp3) is 0.800. The van der Waals surface area contributed by atoms with E-state index in [1.165, 1.54) is 11.9 Å². The number of rotatable bonds is 4. The monoisotopic (exact) mass is 230 g/mol. The molecule has 0 atom stereocenters. The highest BCUT2D eigenvalue weighted by Crippen LogP contribution is 2.27. The predicted octanol–water partition coefficient (Wildman–Crippen LogP) is -0.174. The molecule has 1 aliphatic rings. The Bertz CT molecular complexity index is 276. The topological polar surface area (TPSA) is 81.1 Å². The minimum atomic E-state index is -1.02. The van der Waals surface area contributed by atoms with E-state index in [1.807, 2.05) is 0 Å². The summed E-state index contributed by atoms with van der Waals surface area (Å²) in [6, 6.07) is -0.302. The molecule has 0 spiro atoms. The molecule has 0 aliphatic heterocycles. The van der Waals surface area contributed by atoms with Crippen molar-refractivity contribution in [2.45, 2.75) is 18.9 Å². The lowest BCUT2D eigenvalue weighted by atomic mass is 9.82. The van der Waals surface area contributed by atoms with Crippen LogP contribution in [0.2, 0.25) is 0 Å². The first-order chi connectivity index (χ1) is 7.40. The number of likely N-dealkylation sites (N-methyl/N-ethyl adjacent to an activating group) is 1. The second-order valence-corrected chi connectivity index (χ2v) is 4.40. The summed E-state index contributed by atoms with van der Waals surface area (Å²) in [6.45, 7) is 0.274. The Morgan fingerprint density at radius 1 is 1.25 bits per heavy atom. The zero-order valence-electron chi connectivity index (χ0n) is 9.59. The van der Waals surface area contributed by atoms with Gasteiger partial charge in [0.25, 0.3) is 0 Å². The number of carbonyl (C=O) groups excluding carboxylic acids is 1. The third kappa shape index (κ3) is 3.37. The Kier molecular flexibility index (Phi) is 4.12. The molecule has 6 nitrogen and oxygen atoms in total. The van der Waals surface area contributed by atoms with Crippen LogP contribution in [0.4, 0.5) is 4.79 Å². The van der Waals surface area contributed by atoms with Gasteiger partial charge >= 0.3 is 12.0 Å². The molecule has 0 bridgehead atoms. The van der Waals surface area contributed by atoms with E-state index in [9.17, 15) is 9.59 Å². The second-order valence-electron chi connectivity index (χ2n) is 4.40. The van der Waals surface area contributed by atoms with Crippen molar-refractivity contribution in [3.8, 4) is 0 Å². The van der Waals surface area contributed by atoms with E-state index < -0.39 is 5.97 Å². The molecule has 0 aromatic rings. The molecule has 0 heterocycles. The molecule has 92 valence electrons. The molecule has 0 aromatic heterocycles. The van der Waals surface area contributed by atoms with Crippen molar-refractivity contribution in [1.82, 2.24) is 9.80 Å². The minimum absolute atomic E-state index is 0.231. The summed E-state index contributed by atoms with van der Waals surface area (Å²) in [5.41, 5.74) is 0. The van der Waals surface area contributed by atoms with Crippen LogP contribution >= 0.6 is 0 Å². The van der Waals surface area contributed by atoms with Crippen LogP contribution < -0.4 is 0 Å². The van der Waals surface area contributed by atoms with Gasteiger partial charge in [0, 0.05) is 20.6 Å². The van der Waals surface area contributed by atoms with Gasteiger partial charge in [-0.3, -0.25) is 4.79 Å². The highest BCUT2D eigenvalue weighted by atomic mass is 16.4. The molecule has 1 rings (SSSR count). The van der Waals surface area contributed by atoms with Crippen molar-refractivity contribution in [3.63, 3.8) is 0 Å². The maximum Gasteiger partial charge on any atom is 0.323 e. The smallest absolute Gasteiger partial charge is 0.323 e. The van der Waals surface area contributed by atoms with Crippen molar-refractivity contribution < 1.29 is 19.8 Å². The Balaban J connectivity index is 2.32. The molecule has 0 unspecified atom stereocenters.